The quantitative estimate of drug-likeness (QED) is 0.882. The van der Waals surface area contributed by atoms with Gasteiger partial charge in [-0.2, -0.15) is 0 Å². The largest absolute Gasteiger partial charge is 0.480 e. The van der Waals surface area contributed by atoms with E-state index in [2.05, 4.69) is 26.0 Å². The fraction of sp³-hybridized carbons (Fsp3) is 0.357. The topological polar surface area (TPSA) is 42.2 Å². The van der Waals surface area contributed by atoms with Crippen molar-refractivity contribution in [3.8, 4) is 0 Å². The van der Waals surface area contributed by atoms with E-state index in [0.717, 1.165) is 17.5 Å². The van der Waals surface area contributed by atoms with Crippen LogP contribution in [0.1, 0.15) is 23.6 Å². The molecule has 0 amide bonds. The molecule has 0 spiro atoms. The molecule has 1 aromatic carbocycles. The highest BCUT2D eigenvalue weighted by Crippen LogP contribution is 2.26. The molecule has 0 aliphatic heterocycles. The van der Waals surface area contributed by atoms with Crippen LogP contribution in [0.4, 0.5) is 0 Å². The zero-order valence-electron chi connectivity index (χ0n) is 10.4. The van der Waals surface area contributed by atoms with E-state index in [1.54, 1.807) is 0 Å². The average Bonchev–Trinajstić information content (AvgIpc) is 2.55. The van der Waals surface area contributed by atoms with E-state index in [1.807, 2.05) is 17.7 Å². The van der Waals surface area contributed by atoms with E-state index in [1.165, 1.54) is 16.5 Å². The Labute approximate surface area is 101 Å². The van der Waals surface area contributed by atoms with Crippen molar-refractivity contribution in [2.45, 2.75) is 33.7 Å². The molecule has 0 saturated heterocycles. The first-order chi connectivity index (χ1) is 8.02. The summed E-state index contributed by atoms with van der Waals surface area (Å²) in [6.45, 7) is 6.23. The highest BCUT2D eigenvalue weighted by atomic mass is 16.4. The molecular formula is C14H17NO2. The van der Waals surface area contributed by atoms with Crippen LogP contribution in [0.25, 0.3) is 10.9 Å². The number of hydrogen-bond donors (Lipinski definition) is 1. The van der Waals surface area contributed by atoms with E-state index in [-0.39, 0.29) is 6.54 Å². The lowest BCUT2D eigenvalue weighted by atomic mass is 10.0. The number of carbonyl (C=O) groups is 1. The van der Waals surface area contributed by atoms with Gasteiger partial charge in [0.05, 0.1) is 5.52 Å². The summed E-state index contributed by atoms with van der Waals surface area (Å²) in [6, 6.07) is 4.24. The molecule has 1 heterocycles. The number of rotatable bonds is 3. The molecule has 0 bridgehead atoms. The van der Waals surface area contributed by atoms with Gasteiger partial charge in [-0.3, -0.25) is 4.79 Å². The standard InChI is InChI=1S/C14H17NO2/c1-4-11-7-15(8-13(16)17)14-10(3)5-9(2)6-12(11)14/h5-7H,4,8H2,1-3H3,(H,16,17). The van der Waals surface area contributed by atoms with Crippen LogP contribution in [-0.4, -0.2) is 15.6 Å². The van der Waals surface area contributed by atoms with E-state index in [0.29, 0.717) is 0 Å². The van der Waals surface area contributed by atoms with Gasteiger partial charge in [-0.15, -0.1) is 0 Å². The zero-order chi connectivity index (χ0) is 12.6. The van der Waals surface area contributed by atoms with Crippen LogP contribution in [0, 0.1) is 13.8 Å². The van der Waals surface area contributed by atoms with Crippen molar-refractivity contribution < 1.29 is 9.90 Å². The van der Waals surface area contributed by atoms with Gasteiger partial charge in [0.15, 0.2) is 0 Å². The second-order valence-corrected chi connectivity index (χ2v) is 4.51. The first kappa shape index (κ1) is 11.7. The summed E-state index contributed by atoms with van der Waals surface area (Å²) in [5, 5.41) is 10.1. The predicted molar refractivity (Wildman–Crippen MR) is 68.4 cm³/mol. The second kappa shape index (κ2) is 4.24. The third kappa shape index (κ3) is 2.05. The van der Waals surface area contributed by atoms with Gasteiger partial charge >= 0.3 is 5.97 Å². The molecule has 0 aliphatic rings. The molecule has 2 aromatic rings. The third-order valence-electron chi connectivity index (χ3n) is 3.08. The molecule has 0 atom stereocenters. The first-order valence-corrected chi connectivity index (χ1v) is 5.83. The molecular weight excluding hydrogens is 214 g/mol. The minimum atomic E-state index is -0.801. The van der Waals surface area contributed by atoms with Crippen molar-refractivity contribution in [2.75, 3.05) is 0 Å². The number of aryl methyl sites for hydroxylation is 3. The number of benzene rings is 1. The maximum Gasteiger partial charge on any atom is 0.323 e. The summed E-state index contributed by atoms with van der Waals surface area (Å²) in [5.41, 5.74) is 4.63. The highest BCUT2D eigenvalue weighted by molar-refractivity contribution is 5.88. The molecule has 2 rings (SSSR count). The van der Waals surface area contributed by atoms with Gasteiger partial charge in [0.1, 0.15) is 6.54 Å². The van der Waals surface area contributed by atoms with Crippen LogP contribution in [0.3, 0.4) is 0 Å². The number of aromatic nitrogens is 1. The lowest BCUT2D eigenvalue weighted by Gasteiger charge is -2.05. The summed E-state index contributed by atoms with van der Waals surface area (Å²) in [4.78, 5) is 10.9. The zero-order valence-corrected chi connectivity index (χ0v) is 10.4. The first-order valence-electron chi connectivity index (χ1n) is 5.83. The van der Waals surface area contributed by atoms with E-state index < -0.39 is 5.97 Å². The lowest BCUT2D eigenvalue weighted by Crippen LogP contribution is -2.07. The summed E-state index contributed by atoms with van der Waals surface area (Å²) in [7, 11) is 0. The molecule has 1 N–H and O–H groups in total. The Morgan fingerprint density at radius 1 is 1.35 bits per heavy atom. The second-order valence-electron chi connectivity index (χ2n) is 4.51. The van der Waals surface area contributed by atoms with Gasteiger partial charge in [-0.1, -0.05) is 18.6 Å². The number of carboxylic acid groups (broad SMARTS) is 1. The monoisotopic (exact) mass is 231 g/mol. The smallest absolute Gasteiger partial charge is 0.323 e. The van der Waals surface area contributed by atoms with Crippen LogP contribution >= 0.6 is 0 Å². The Balaban J connectivity index is 2.73. The van der Waals surface area contributed by atoms with E-state index >= 15 is 0 Å². The highest BCUT2D eigenvalue weighted by Gasteiger charge is 2.12. The Bertz CT molecular complexity index is 581. The van der Waals surface area contributed by atoms with Gasteiger partial charge in [0, 0.05) is 11.6 Å². The number of carboxylic acids is 1. The fourth-order valence-corrected chi connectivity index (χ4v) is 2.46. The van der Waals surface area contributed by atoms with Gasteiger partial charge < -0.3 is 9.67 Å². The van der Waals surface area contributed by atoms with E-state index in [9.17, 15) is 4.79 Å². The maximum absolute atomic E-state index is 10.9. The van der Waals surface area contributed by atoms with Crippen LogP contribution in [0.15, 0.2) is 18.3 Å². The minimum Gasteiger partial charge on any atom is -0.480 e. The number of hydrogen-bond acceptors (Lipinski definition) is 1. The molecule has 90 valence electrons. The van der Waals surface area contributed by atoms with Crippen molar-refractivity contribution in [1.29, 1.82) is 0 Å². The van der Waals surface area contributed by atoms with Crippen molar-refractivity contribution in [3.05, 3.63) is 35.0 Å². The fourth-order valence-electron chi connectivity index (χ4n) is 2.46. The summed E-state index contributed by atoms with van der Waals surface area (Å²) < 4.78 is 1.84. The Morgan fingerprint density at radius 2 is 2.06 bits per heavy atom. The van der Waals surface area contributed by atoms with Crippen molar-refractivity contribution in [3.63, 3.8) is 0 Å². The number of nitrogens with zero attached hydrogens (tertiary/aromatic N) is 1. The van der Waals surface area contributed by atoms with Crippen LogP contribution in [-0.2, 0) is 17.8 Å². The third-order valence-corrected chi connectivity index (χ3v) is 3.08. The predicted octanol–water partition coefficient (Wildman–Crippen LogP) is 2.91. The molecule has 0 aliphatic carbocycles. The van der Waals surface area contributed by atoms with Gasteiger partial charge in [-0.25, -0.2) is 0 Å². The van der Waals surface area contributed by atoms with Gasteiger partial charge in [0.25, 0.3) is 0 Å². The van der Waals surface area contributed by atoms with Crippen LogP contribution < -0.4 is 0 Å². The van der Waals surface area contributed by atoms with E-state index in [4.69, 9.17) is 5.11 Å². The number of fused-ring (bicyclic) bond motifs is 1. The van der Waals surface area contributed by atoms with Gasteiger partial charge in [-0.05, 0) is 37.5 Å². The molecule has 0 saturated carbocycles. The molecule has 0 radical (unpaired) electrons. The van der Waals surface area contributed by atoms with Crippen molar-refractivity contribution in [1.82, 2.24) is 4.57 Å². The maximum atomic E-state index is 10.9. The SMILES string of the molecule is CCc1cn(CC(=O)O)c2c(C)cc(C)cc12. The minimum absolute atomic E-state index is 0.0282. The van der Waals surface area contributed by atoms with Gasteiger partial charge in [0.2, 0.25) is 0 Å². The summed E-state index contributed by atoms with van der Waals surface area (Å²) in [6.07, 6.45) is 2.89. The lowest BCUT2D eigenvalue weighted by molar-refractivity contribution is -0.137. The average molecular weight is 231 g/mol. The Morgan fingerprint density at radius 3 is 2.65 bits per heavy atom. The molecule has 0 fully saturated rings. The molecule has 17 heavy (non-hydrogen) atoms. The molecule has 1 aromatic heterocycles. The molecule has 3 heteroatoms. The van der Waals surface area contributed by atoms with Crippen LogP contribution in [0.2, 0.25) is 0 Å². The van der Waals surface area contributed by atoms with Crippen molar-refractivity contribution >= 4 is 16.9 Å². The Hall–Kier alpha value is -1.77. The van der Waals surface area contributed by atoms with Crippen LogP contribution in [0.5, 0.6) is 0 Å². The molecule has 0 unspecified atom stereocenters. The summed E-state index contributed by atoms with van der Waals surface area (Å²) in [5.74, 6) is -0.801. The summed E-state index contributed by atoms with van der Waals surface area (Å²) >= 11 is 0. The molecule has 3 nitrogen and oxygen atoms in total. The normalized spacial score (nSPS) is 11.0. The number of aliphatic carboxylic acids is 1. The Kier molecular flexibility index (Phi) is 2.92. The van der Waals surface area contributed by atoms with Crippen molar-refractivity contribution in [2.24, 2.45) is 0 Å².